The van der Waals surface area contributed by atoms with Crippen LogP contribution >= 0.6 is 0 Å². The van der Waals surface area contributed by atoms with Crippen LogP contribution in [0.1, 0.15) is 39.3 Å². The number of carbonyl (C=O) groups is 1. The van der Waals surface area contributed by atoms with Gasteiger partial charge in [-0.2, -0.15) is 0 Å². The first-order chi connectivity index (χ1) is 11.6. The molecule has 1 aromatic carbocycles. The van der Waals surface area contributed by atoms with Crippen LogP contribution in [0.15, 0.2) is 36.5 Å². The van der Waals surface area contributed by atoms with Gasteiger partial charge in [-0.15, -0.1) is 0 Å². The largest absolute Gasteiger partial charge is 0.444 e. The molecule has 1 amide bonds. The number of rotatable bonds is 4. The fraction of sp³-hybridized carbons (Fsp3) is 0.333. The van der Waals surface area contributed by atoms with E-state index in [1.807, 2.05) is 0 Å². The van der Waals surface area contributed by atoms with Crippen molar-refractivity contribution in [2.24, 2.45) is 0 Å². The van der Waals surface area contributed by atoms with Gasteiger partial charge in [0.05, 0.1) is 6.04 Å². The first-order valence-corrected chi connectivity index (χ1v) is 7.72. The molecule has 1 aromatic heterocycles. The number of ether oxygens (including phenoxy) is 2. The highest BCUT2D eigenvalue weighted by Crippen LogP contribution is 2.24. The standard InChI is InChI=1S/C18H20F2N2O3/c1-11(22-17(23)25-18(2,3)4)12-5-8-16(21-10-12)24-15-7-6-13(19)9-14(15)20/h5-11H,1-4H3,(H,22,23). The molecule has 0 aliphatic rings. The van der Waals surface area contributed by atoms with Crippen LogP contribution in [-0.4, -0.2) is 16.7 Å². The normalized spacial score (nSPS) is 12.4. The molecule has 2 aromatic rings. The van der Waals surface area contributed by atoms with Gasteiger partial charge >= 0.3 is 6.09 Å². The van der Waals surface area contributed by atoms with Crippen LogP contribution in [0.3, 0.4) is 0 Å². The molecule has 0 bridgehead atoms. The Balaban J connectivity index is 2.00. The lowest BCUT2D eigenvalue weighted by molar-refractivity contribution is 0.0508. The number of hydrogen-bond acceptors (Lipinski definition) is 4. The van der Waals surface area contributed by atoms with Gasteiger partial charge in [-0.25, -0.2) is 18.6 Å². The highest BCUT2D eigenvalue weighted by Gasteiger charge is 2.18. The van der Waals surface area contributed by atoms with Crippen molar-refractivity contribution >= 4 is 6.09 Å². The Morgan fingerprint density at radius 1 is 1.20 bits per heavy atom. The van der Waals surface area contributed by atoms with E-state index in [0.29, 0.717) is 0 Å². The lowest BCUT2D eigenvalue weighted by Gasteiger charge is -2.22. The number of hydrogen-bond donors (Lipinski definition) is 1. The lowest BCUT2D eigenvalue weighted by Crippen LogP contribution is -2.34. The summed E-state index contributed by atoms with van der Waals surface area (Å²) in [7, 11) is 0. The van der Waals surface area contributed by atoms with E-state index in [0.717, 1.165) is 17.7 Å². The molecule has 0 aliphatic heterocycles. The minimum atomic E-state index is -0.814. The van der Waals surface area contributed by atoms with Crippen LogP contribution in [0.2, 0.25) is 0 Å². The van der Waals surface area contributed by atoms with Crippen molar-refractivity contribution in [2.75, 3.05) is 0 Å². The van der Waals surface area contributed by atoms with Crippen LogP contribution in [-0.2, 0) is 4.74 Å². The van der Waals surface area contributed by atoms with Crippen LogP contribution in [0.4, 0.5) is 13.6 Å². The summed E-state index contributed by atoms with van der Waals surface area (Å²) in [5, 5.41) is 2.69. The summed E-state index contributed by atoms with van der Waals surface area (Å²) in [6, 6.07) is 5.90. The first-order valence-electron chi connectivity index (χ1n) is 7.72. The number of benzene rings is 1. The number of nitrogens with zero attached hydrogens (tertiary/aromatic N) is 1. The van der Waals surface area contributed by atoms with Gasteiger partial charge in [-0.05, 0) is 45.4 Å². The SMILES string of the molecule is CC(NC(=O)OC(C)(C)C)c1ccc(Oc2ccc(F)cc2F)nc1. The number of aromatic nitrogens is 1. The number of halogens is 2. The van der Waals surface area contributed by atoms with Gasteiger partial charge in [0.25, 0.3) is 0 Å². The van der Waals surface area contributed by atoms with Gasteiger partial charge < -0.3 is 14.8 Å². The Bertz CT molecular complexity index is 743. The zero-order chi connectivity index (χ0) is 18.6. The summed E-state index contributed by atoms with van der Waals surface area (Å²) in [5.41, 5.74) is 0.136. The minimum absolute atomic E-state index is 0.124. The zero-order valence-corrected chi connectivity index (χ0v) is 14.5. The van der Waals surface area contributed by atoms with E-state index in [4.69, 9.17) is 9.47 Å². The van der Waals surface area contributed by atoms with Crippen molar-refractivity contribution in [1.82, 2.24) is 10.3 Å². The highest BCUT2D eigenvalue weighted by atomic mass is 19.1. The summed E-state index contributed by atoms with van der Waals surface area (Å²) < 4.78 is 36.9. The molecule has 7 heteroatoms. The number of amides is 1. The molecule has 0 aliphatic carbocycles. The van der Waals surface area contributed by atoms with Crippen LogP contribution in [0.5, 0.6) is 11.6 Å². The van der Waals surface area contributed by atoms with Gasteiger partial charge in [0, 0.05) is 18.3 Å². The monoisotopic (exact) mass is 350 g/mol. The van der Waals surface area contributed by atoms with Crippen LogP contribution in [0, 0.1) is 11.6 Å². The van der Waals surface area contributed by atoms with Crippen molar-refractivity contribution < 1.29 is 23.0 Å². The second-order valence-corrected chi connectivity index (χ2v) is 6.47. The second-order valence-electron chi connectivity index (χ2n) is 6.47. The van der Waals surface area contributed by atoms with Gasteiger partial charge in [-0.1, -0.05) is 6.07 Å². The summed E-state index contributed by atoms with van der Waals surface area (Å²) in [6.45, 7) is 7.11. The van der Waals surface area contributed by atoms with Crippen molar-refractivity contribution in [1.29, 1.82) is 0 Å². The van der Waals surface area contributed by atoms with Gasteiger partial charge in [-0.3, -0.25) is 0 Å². The van der Waals surface area contributed by atoms with Crippen LogP contribution in [0.25, 0.3) is 0 Å². The topological polar surface area (TPSA) is 60.5 Å². The third-order valence-electron chi connectivity index (χ3n) is 3.10. The van der Waals surface area contributed by atoms with E-state index in [2.05, 4.69) is 10.3 Å². The average molecular weight is 350 g/mol. The van der Waals surface area contributed by atoms with E-state index in [1.54, 1.807) is 33.8 Å². The third-order valence-corrected chi connectivity index (χ3v) is 3.10. The van der Waals surface area contributed by atoms with E-state index >= 15 is 0 Å². The Kier molecular flexibility index (Phi) is 5.56. The quantitative estimate of drug-likeness (QED) is 0.865. The molecule has 0 saturated heterocycles. The molecule has 0 spiro atoms. The summed E-state index contributed by atoms with van der Waals surface area (Å²) >= 11 is 0. The summed E-state index contributed by atoms with van der Waals surface area (Å²) in [4.78, 5) is 15.8. The van der Waals surface area contributed by atoms with Crippen LogP contribution < -0.4 is 10.1 Å². The Morgan fingerprint density at radius 3 is 2.48 bits per heavy atom. The zero-order valence-electron chi connectivity index (χ0n) is 14.5. The maximum absolute atomic E-state index is 13.6. The molecule has 0 saturated carbocycles. The predicted octanol–water partition coefficient (Wildman–Crippen LogP) is 4.74. The highest BCUT2D eigenvalue weighted by molar-refractivity contribution is 5.68. The minimum Gasteiger partial charge on any atom is -0.444 e. The van der Waals surface area contributed by atoms with Crippen molar-refractivity contribution in [3.05, 3.63) is 53.7 Å². The van der Waals surface area contributed by atoms with Crippen molar-refractivity contribution in [3.63, 3.8) is 0 Å². The van der Waals surface area contributed by atoms with Gasteiger partial charge in [0.1, 0.15) is 11.4 Å². The molecule has 134 valence electrons. The lowest BCUT2D eigenvalue weighted by atomic mass is 10.1. The van der Waals surface area contributed by atoms with Gasteiger partial charge in [0.2, 0.25) is 5.88 Å². The molecule has 1 unspecified atom stereocenters. The molecule has 1 N–H and O–H groups in total. The molecule has 25 heavy (non-hydrogen) atoms. The third kappa shape index (κ3) is 5.70. The number of pyridine rings is 1. The average Bonchev–Trinajstić information content (AvgIpc) is 2.48. The summed E-state index contributed by atoms with van der Waals surface area (Å²) in [5.74, 6) is -1.47. The second kappa shape index (κ2) is 7.46. The molecule has 2 rings (SSSR count). The Hall–Kier alpha value is -2.70. The van der Waals surface area contributed by atoms with E-state index < -0.39 is 23.3 Å². The van der Waals surface area contributed by atoms with Crippen molar-refractivity contribution in [2.45, 2.75) is 39.3 Å². The van der Waals surface area contributed by atoms with Crippen molar-refractivity contribution in [3.8, 4) is 11.6 Å². The maximum Gasteiger partial charge on any atom is 0.408 e. The molecular formula is C18H20F2N2O3. The number of carbonyl (C=O) groups excluding carboxylic acids is 1. The fourth-order valence-corrected chi connectivity index (χ4v) is 1.95. The molecule has 5 nitrogen and oxygen atoms in total. The molecular weight excluding hydrogens is 330 g/mol. The number of nitrogens with one attached hydrogen (secondary N) is 1. The summed E-state index contributed by atoms with van der Waals surface area (Å²) in [6.07, 6.45) is 0.965. The maximum atomic E-state index is 13.6. The fourth-order valence-electron chi connectivity index (χ4n) is 1.95. The van der Waals surface area contributed by atoms with E-state index in [1.165, 1.54) is 18.3 Å². The molecule has 0 radical (unpaired) electrons. The molecule has 1 atom stereocenters. The Labute approximate surface area is 145 Å². The van der Waals surface area contributed by atoms with Gasteiger partial charge in [0.15, 0.2) is 11.6 Å². The first kappa shape index (κ1) is 18.6. The smallest absolute Gasteiger partial charge is 0.408 e. The Morgan fingerprint density at radius 2 is 1.92 bits per heavy atom. The molecule has 1 heterocycles. The number of alkyl carbamates (subject to hydrolysis) is 1. The molecule has 0 fully saturated rings. The predicted molar refractivity (Wildman–Crippen MR) is 88.5 cm³/mol. The van der Waals surface area contributed by atoms with E-state index in [9.17, 15) is 13.6 Å². The van der Waals surface area contributed by atoms with E-state index in [-0.39, 0.29) is 17.7 Å².